The standard InChI is InChI=1S/C13H15F2NO2/c1-7(6-17)16-13(18)10-5-9(10)8-2-3-11(14)12(15)4-8/h2-4,7,9-10,17H,5-6H2,1H3,(H,16,18). The predicted molar refractivity (Wildman–Crippen MR) is 61.9 cm³/mol. The first-order chi connectivity index (χ1) is 8.52. The summed E-state index contributed by atoms with van der Waals surface area (Å²) in [6.07, 6.45) is 0.634. The van der Waals surface area contributed by atoms with Gasteiger partial charge < -0.3 is 10.4 Å². The van der Waals surface area contributed by atoms with Gasteiger partial charge in [-0.15, -0.1) is 0 Å². The molecule has 0 aliphatic heterocycles. The van der Waals surface area contributed by atoms with Crippen LogP contribution < -0.4 is 5.32 Å². The van der Waals surface area contributed by atoms with Crippen LogP contribution in [0.5, 0.6) is 0 Å². The van der Waals surface area contributed by atoms with Crippen LogP contribution in [0.15, 0.2) is 18.2 Å². The van der Waals surface area contributed by atoms with Crippen molar-refractivity contribution in [1.82, 2.24) is 5.32 Å². The molecular weight excluding hydrogens is 240 g/mol. The molecule has 98 valence electrons. The Morgan fingerprint density at radius 3 is 2.83 bits per heavy atom. The quantitative estimate of drug-likeness (QED) is 0.858. The fourth-order valence-corrected chi connectivity index (χ4v) is 1.99. The van der Waals surface area contributed by atoms with Gasteiger partial charge in [0.25, 0.3) is 0 Å². The summed E-state index contributed by atoms with van der Waals surface area (Å²) in [5, 5.41) is 11.5. The molecule has 0 aromatic heterocycles. The predicted octanol–water partition coefficient (Wildman–Crippen LogP) is 1.57. The summed E-state index contributed by atoms with van der Waals surface area (Å²) in [4.78, 5) is 11.7. The highest BCUT2D eigenvalue weighted by atomic mass is 19.2. The first-order valence-electron chi connectivity index (χ1n) is 5.89. The number of carbonyl (C=O) groups excluding carboxylic acids is 1. The molecule has 5 heteroatoms. The lowest BCUT2D eigenvalue weighted by Crippen LogP contribution is -2.36. The lowest BCUT2D eigenvalue weighted by Gasteiger charge is -2.10. The molecule has 1 amide bonds. The Bertz CT molecular complexity index is 464. The van der Waals surface area contributed by atoms with E-state index in [4.69, 9.17) is 5.11 Å². The van der Waals surface area contributed by atoms with Gasteiger partial charge in [0.1, 0.15) is 0 Å². The Labute approximate surface area is 104 Å². The lowest BCUT2D eigenvalue weighted by molar-refractivity contribution is -0.123. The van der Waals surface area contributed by atoms with Crippen molar-refractivity contribution in [1.29, 1.82) is 0 Å². The maximum atomic E-state index is 13.1. The first kappa shape index (κ1) is 13.0. The highest BCUT2D eigenvalue weighted by molar-refractivity contribution is 5.83. The second-order valence-electron chi connectivity index (χ2n) is 4.71. The van der Waals surface area contributed by atoms with Gasteiger partial charge in [-0.05, 0) is 37.0 Å². The fourth-order valence-electron chi connectivity index (χ4n) is 1.99. The topological polar surface area (TPSA) is 49.3 Å². The van der Waals surface area contributed by atoms with E-state index in [0.29, 0.717) is 12.0 Å². The molecule has 1 saturated carbocycles. The molecule has 0 bridgehead atoms. The van der Waals surface area contributed by atoms with Crippen LogP contribution in [0.4, 0.5) is 8.78 Å². The molecule has 1 aliphatic rings. The number of aliphatic hydroxyl groups excluding tert-OH is 1. The van der Waals surface area contributed by atoms with Gasteiger partial charge in [-0.3, -0.25) is 4.79 Å². The van der Waals surface area contributed by atoms with Gasteiger partial charge in [0.2, 0.25) is 5.91 Å². The number of nitrogens with one attached hydrogen (secondary N) is 1. The summed E-state index contributed by atoms with van der Waals surface area (Å²) in [5.74, 6) is -2.17. The van der Waals surface area contributed by atoms with Gasteiger partial charge in [-0.1, -0.05) is 6.07 Å². The Balaban J connectivity index is 1.98. The van der Waals surface area contributed by atoms with E-state index in [-0.39, 0.29) is 30.4 Å². The van der Waals surface area contributed by atoms with Gasteiger partial charge in [-0.25, -0.2) is 8.78 Å². The van der Waals surface area contributed by atoms with Gasteiger partial charge in [0.05, 0.1) is 6.61 Å². The van der Waals surface area contributed by atoms with E-state index in [1.54, 1.807) is 6.92 Å². The smallest absolute Gasteiger partial charge is 0.224 e. The maximum Gasteiger partial charge on any atom is 0.224 e. The summed E-state index contributed by atoms with van der Waals surface area (Å²) >= 11 is 0. The van der Waals surface area contributed by atoms with Crippen LogP contribution in [0.3, 0.4) is 0 Å². The minimum absolute atomic E-state index is 0.0500. The number of benzene rings is 1. The van der Waals surface area contributed by atoms with Crippen LogP contribution in [0.1, 0.15) is 24.8 Å². The molecule has 2 N–H and O–H groups in total. The summed E-state index contributed by atoms with van der Waals surface area (Å²) in [6, 6.07) is 3.44. The third kappa shape index (κ3) is 2.67. The van der Waals surface area contributed by atoms with Crippen LogP contribution in [0.25, 0.3) is 0 Å². The van der Waals surface area contributed by atoms with Gasteiger partial charge in [0, 0.05) is 12.0 Å². The van der Waals surface area contributed by atoms with Crippen LogP contribution >= 0.6 is 0 Å². The second kappa shape index (κ2) is 5.02. The van der Waals surface area contributed by atoms with Crippen molar-refractivity contribution >= 4 is 5.91 Å². The molecule has 0 radical (unpaired) electrons. The lowest BCUT2D eigenvalue weighted by atomic mass is 10.1. The Kier molecular flexibility index (Phi) is 3.61. The van der Waals surface area contributed by atoms with Crippen molar-refractivity contribution in [2.24, 2.45) is 5.92 Å². The molecule has 3 atom stereocenters. The zero-order valence-corrected chi connectivity index (χ0v) is 9.99. The van der Waals surface area contributed by atoms with Crippen LogP contribution in [0, 0.1) is 17.6 Å². The number of aliphatic hydroxyl groups is 1. The Hall–Kier alpha value is -1.49. The third-order valence-electron chi connectivity index (χ3n) is 3.16. The zero-order chi connectivity index (χ0) is 13.3. The second-order valence-corrected chi connectivity index (χ2v) is 4.71. The van der Waals surface area contributed by atoms with Crippen molar-refractivity contribution in [3.8, 4) is 0 Å². The minimum atomic E-state index is -0.887. The number of hydrogen-bond acceptors (Lipinski definition) is 2. The number of rotatable bonds is 4. The van der Waals surface area contributed by atoms with Crippen molar-refractivity contribution in [3.05, 3.63) is 35.4 Å². The average molecular weight is 255 g/mol. The molecule has 3 unspecified atom stereocenters. The van der Waals surface area contributed by atoms with E-state index in [9.17, 15) is 13.6 Å². The largest absolute Gasteiger partial charge is 0.394 e. The van der Waals surface area contributed by atoms with E-state index in [1.165, 1.54) is 6.07 Å². The zero-order valence-electron chi connectivity index (χ0n) is 9.99. The number of amides is 1. The molecule has 0 saturated heterocycles. The molecule has 1 aromatic carbocycles. The highest BCUT2D eigenvalue weighted by Crippen LogP contribution is 2.47. The monoisotopic (exact) mass is 255 g/mol. The molecular formula is C13H15F2NO2. The summed E-state index contributed by atoms with van der Waals surface area (Å²) in [5.41, 5.74) is 0.644. The molecule has 0 heterocycles. The normalized spacial score (nSPS) is 23.6. The summed E-state index contributed by atoms with van der Waals surface area (Å²) in [6.45, 7) is 1.58. The maximum absolute atomic E-state index is 13.1. The number of carbonyl (C=O) groups is 1. The Morgan fingerprint density at radius 1 is 1.50 bits per heavy atom. The minimum Gasteiger partial charge on any atom is -0.394 e. The molecule has 2 rings (SSSR count). The first-order valence-corrected chi connectivity index (χ1v) is 5.89. The fraction of sp³-hybridized carbons (Fsp3) is 0.462. The van der Waals surface area contributed by atoms with E-state index in [2.05, 4.69) is 5.32 Å². The van der Waals surface area contributed by atoms with E-state index in [1.807, 2.05) is 0 Å². The molecule has 1 aliphatic carbocycles. The van der Waals surface area contributed by atoms with E-state index >= 15 is 0 Å². The van der Waals surface area contributed by atoms with Crippen molar-refractivity contribution in [2.45, 2.75) is 25.3 Å². The van der Waals surface area contributed by atoms with Gasteiger partial charge >= 0.3 is 0 Å². The van der Waals surface area contributed by atoms with Crippen LogP contribution in [-0.4, -0.2) is 23.7 Å². The van der Waals surface area contributed by atoms with Crippen LogP contribution in [0.2, 0.25) is 0 Å². The molecule has 0 spiro atoms. The third-order valence-corrected chi connectivity index (χ3v) is 3.16. The molecule has 1 fully saturated rings. The molecule has 1 aromatic rings. The van der Waals surface area contributed by atoms with Gasteiger partial charge in [0.15, 0.2) is 11.6 Å². The average Bonchev–Trinajstić information content (AvgIpc) is 3.12. The number of hydrogen-bond donors (Lipinski definition) is 2. The number of halogens is 2. The highest BCUT2D eigenvalue weighted by Gasteiger charge is 2.44. The molecule has 3 nitrogen and oxygen atoms in total. The summed E-state index contributed by atoms with van der Waals surface area (Å²) < 4.78 is 25.8. The van der Waals surface area contributed by atoms with Gasteiger partial charge in [-0.2, -0.15) is 0 Å². The summed E-state index contributed by atoms with van der Waals surface area (Å²) in [7, 11) is 0. The van der Waals surface area contributed by atoms with Crippen LogP contribution in [-0.2, 0) is 4.79 Å². The van der Waals surface area contributed by atoms with E-state index in [0.717, 1.165) is 12.1 Å². The van der Waals surface area contributed by atoms with Crippen molar-refractivity contribution in [2.75, 3.05) is 6.61 Å². The Morgan fingerprint density at radius 2 is 2.22 bits per heavy atom. The van der Waals surface area contributed by atoms with Crippen molar-refractivity contribution < 1.29 is 18.7 Å². The van der Waals surface area contributed by atoms with E-state index < -0.39 is 11.6 Å². The van der Waals surface area contributed by atoms with Crippen molar-refractivity contribution in [3.63, 3.8) is 0 Å². The SMILES string of the molecule is CC(CO)NC(=O)C1CC1c1ccc(F)c(F)c1. The molecule has 18 heavy (non-hydrogen) atoms.